The van der Waals surface area contributed by atoms with Crippen molar-refractivity contribution < 1.29 is 9.59 Å². The van der Waals surface area contributed by atoms with Gasteiger partial charge in [-0.3, -0.25) is 19.8 Å². The zero-order chi connectivity index (χ0) is 19.7. The highest BCUT2D eigenvalue weighted by Gasteiger charge is 2.34. The van der Waals surface area contributed by atoms with Gasteiger partial charge in [0.1, 0.15) is 5.57 Å². The summed E-state index contributed by atoms with van der Waals surface area (Å²) in [6.07, 6.45) is 1.59. The molecule has 1 aliphatic heterocycles. The lowest BCUT2D eigenvalue weighted by molar-refractivity contribution is -0.122. The van der Waals surface area contributed by atoms with E-state index in [4.69, 9.17) is 12.2 Å². The van der Waals surface area contributed by atoms with Crippen molar-refractivity contribution in [2.24, 2.45) is 0 Å². The SMILES string of the molecule is CNc1c(I)cc(/C=C2\C(=O)NC(=S)N(c3ccc(Br)cc3)C2=O)cc1I. The molecular formula is C18H12BrI2N3O2S. The van der Waals surface area contributed by atoms with Gasteiger partial charge < -0.3 is 5.32 Å². The molecule has 1 fully saturated rings. The lowest BCUT2D eigenvalue weighted by atomic mass is 10.1. The van der Waals surface area contributed by atoms with Gasteiger partial charge in [0.15, 0.2) is 5.11 Å². The third-order valence-corrected chi connectivity index (χ3v) is 6.33. The second-order valence-corrected chi connectivity index (χ2v) is 9.17. The van der Waals surface area contributed by atoms with Crippen molar-refractivity contribution in [3.8, 4) is 0 Å². The molecular weight excluding hydrogens is 656 g/mol. The van der Waals surface area contributed by atoms with Crippen molar-refractivity contribution in [2.75, 3.05) is 17.3 Å². The van der Waals surface area contributed by atoms with Crippen molar-refractivity contribution in [1.82, 2.24) is 5.32 Å². The fraction of sp³-hybridized carbons (Fsp3) is 0.0556. The van der Waals surface area contributed by atoms with Gasteiger partial charge in [-0.25, -0.2) is 0 Å². The number of halogens is 3. The Morgan fingerprint density at radius 2 is 1.74 bits per heavy atom. The molecule has 0 aromatic heterocycles. The first-order valence-corrected chi connectivity index (χ1v) is 11.0. The highest BCUT2D eigenvalue weighted by molar-refractivity contribution is 14.1. The molecule has 0 atom stereocenters. The molecule has 2 amide bonds. The predicted octanol–water partition coefficient (Wildman–Crippen LogP) is 4.53. The molecule has 2 N–H and O–H groups in total. The molecule has 0 saturated carbocycles. The number of nitrogens with one attached hydrogen (secondary N) is 2. The zero-order valence-corrected chi connectivity index (χ0v) is 20.6. The minimum Gasteiger partial charge on any atom is -0.386 e. The number of anilines is 2. The van der Waals surface area contributed by atoms with Crippen LogP contribution in [0.1, 0.15) is 5.56 Å². The molecule has 5 nitrogen and oxygen atoms in total. The number of carbonyl (C=O) groups is 2. The van der Waals surface area contributed by atoms with Gasteiger partial charge in [0.2, 0.25) is 0 Å². The van der Waals surface area contributed by atoms with E-state index in [1.165, 1.54) is 4.90 Å². The Kier molecular flexibility index (Phi) is 6.54. The Morgan fingerprint density at radius 3 is 2.30 bits per heavy atom. The van der Waals surface area contributed by atoms with Gasteiger partial charge in [0, 0.05) is 18.7 Å². The van der Waals surface area contributed by atoms with Crippen molar-refractivity contribution in [3.05, 3.63) is 59.1 Å². The molecule has 0 bridgehead atoms. The van der Waals surface area contributed by atoms with E-state index < -0.39 is 11.8 Å². The summed E-state index contributed by atoms with van der Waals surface area (Å²) in [5, 5.41) is 5.80. The number of hydrogen-bond acceptors (Lipinski definition) is 4. The molecule has 3 rings (SSSR count). The van der Waals surface area contributed by atoms with E-state index in [0.717, 1.165) is 22.9 Å². The van der Waals surface area contributed by atoms with Gasteiger partial charge >= 0.3 is 0 Å². The number of carbonyl (C=O) groups excluding carboxylic acids is 2. The fourth-order valence-corrected chi connectivity index (χ4v) is 5.46. The highest BCUT2D eigenvalue weighted by Crippen LogP contribution is 2.28. The number of amides is 2. The normalized spacial score (nSPS) is 15.9. The van der Waals surface area contributed by atoms with Gasteiger partial charge in [-0.1, -0.05) is 15.9 Å². The summed E-state index contributed by atoms with van der Waals surface area (Å²) in [5.74, 6) is -0.949. The van der Waals surface area contributed by atoms with Crippen molar-refractivity contribution >= 4 is 108 Å². The lowest BCUT2D eigenvalue weighted by Crippen LogP contribution is -2.54. The van der Waals surface area contributed by atoms with Crippen molar-refractivity contribution in [3.63, 3.8) is 0 Å². The average Bonchev–Trinajstić information content (AvgIpc) is 2.60. The maximum Gasteiger partial charge on any atom is 0.270 e. The smallest absolute Gasteiger partial charge is 0.270 e. The first-order chi connectivity index (χ1) is 12.8. The second-order valence-electron chi connectivity index (χ2n) is 5.54. The Balaban J connectivity index is 2.03. The third kappa shape index (κ3) is 4.35. The minimum atomic E-state index is -0.499. The van der Waals surface area contributed by atoms with Crippen molar-refractivity contribution in [2.45, 2.75) is 0 Å². The molecule has 2 aromatic rings. The molecule has 0 spiro atoms. The van der Waals surface area contributed by atoms with Crippen LogP contribution >= 0.6 is 73.3 Å². The molecule has 138 valence electrons. The molecule has 0 unspecified atom stereocenters. The van der Waals surface area contributed by atoms with Crippen LogP contribution in [0.25, 0.3) is 6.08 Å². The highest BCUT2D eigenvalue weighted by atomic mass is 127. The number of hydrogen-bond donors (Lipinski definition) is 2. The van der Waals surface area contributed by atoms with E-state index in [9.17, 15) is 9.59 Å². The third-order valence-electron chi connectivity index (χ3n) is 3.81. The quantitative estimate of drug-likeness (QED) is 0.219. The van der Waals surface area contributed by atoms with Gasteiger partial charge in [-0.05, 0) is 105 Å². The lowest BCUT2D eigenvalue weighted by Gasteiger charge is -2.29. The van der Waals surface area contributed by atoms with Crippen LogP contribution < -0.4 is 15.5 Å². The summed E-state index contributed by atoms with van der Waals surface area (Å²) in [6, 6.07) is 11.0. The molecule has 1 aliphatic rings. The second kappa shape index (κ2) is 8.53. The summed E-state index contributed by atoms with van der Waals surface area (Å²) in [7, 11) is 1.85. The first kappa shape index (κ1) is 20.7. The molecule has 27 heavy (non-hydrogen) atoms. The maximum absolute atomic E-state index is 13.0. The van der Waals surface area contributed by atoms with E-state index in [2.05, 4.69) is 71.7 Å². The minimum absolute atomic E-state index is 0.0373. The summed E-state index contributed by atoms with van der Waals surface area (Å²) >= 11 is 13.0. The van der Waals surface area contributed by atoms with Crippen molar-refractivity contribution in [1.29, 1.82) is 0 Å². The monoisotopic (exact) mass is 667 g/mol. The van der Waals surface area contributed by atoms with Crippen LogP contribution in [0.5, 0.6) is 0 Å². The Morgan fingerprint density at radius 1 is 1.15 bits per heavy atom. The Hall–Kier alpha value is -1.05. The van der Waals surface area contributed by atoms with Crippen LogP contribution in [0, 0.1) is 7.14 Å². The Bertz CT molecular complexity index is 970. The summed E-state index contributed by atoms with van der Waals surface area (Å²) in [5.41, 5.74) is 2.41. The topological polar surface area (TPSA) is 61.4 Å². The van der Waals surface area contributed by atoms with E-state index >= 15 is 0 Å². The molecule has 1 heterocycles. The van der Waals surface area contributed by atoms with E-state index in [-0.39, 0.29) is 10.7 Å². The fourth-order valence-electron chi connectivity index (χ4n) is 2.56. The van der Waals surface area contributed by atoms with E-state index in [1.54, 1.807) is 18.2 Å². The molecule has 0 radical (unpaired) electrons. The standard InChI is InChI=1S/C18H12BrI2N3O2S/c1-22-15-13(20)7-9(8-14(15)21)6-12-16(25)23-18(27)24(17(12)26)11-4-2-10(19)3-5-11/h2-8,22H,1H3,(H,23,25,27)/b12-6+. The van der Waals surface area contributed by atoms with Crippen LogP contribution in [0.15, 0.2) is 46.4 Å². The van der Waals surface area contributed by atoms with Gasteiger partial charge in [0.05, 0.1) is 11.4 Å². The van der Waals surface area contributed by atoms with Gasteiger partial charge in [0.25, 0.3) is 11.8 Å². The molecule has 0 aliphatic carbocycles. The number of benzene rings is 2. The average molecular weight is 668 g/mol. The number of thiocarbonyl (C=S) groups is 1. The van der Waals surface area contributed by atoms with Crippen LogP contribution in [0.2, 0.25) is 0 Å². The maximum atomic E-state index is 13.0. The summed E-state index contributed by atoms with van der Waals surface area (Å²) in [4.78, 5) is 26.7. The predicted molar refractivity (Wildman–Crippen MR) is 132 cm³/mol. The van der Waals surface area contributed by atoms with Gasteiger partial charge in [-0.15, -0.1) is 0 Å². The van der Waals surface area contributed by atoms with Crippen LogP contribution in [0.4, 0.5) is 11.4 Å². The van der Waals surface area contributed by atoms with Crippen LogP contribution in [0.3, 0.4) is 0 Å². The summed E-state index contributed by atoms with van der Waals surface area (Å²) < 4.78 is 2.88. The molecule has 9 heteroatoms. The van der Waals surface area contributed by atoms with E-state index in [1.807, 2.05) is 31.3 Å². The zero-order valence-electron chi connectivity index (χ0n) is 13.8. The molecule has 2 aromatic carbocycles. The largest absolute Gasteiger partial charge is 0.386 e. The van der Waals surface area contributed by atoms with Gasteiger partial charge in [-0.2, -0.15) is 0 Å². The molecule has 1 saturated heterocycles. The number of nitrogens with zero attached hydrogens (tertiary/aromatic N) is 1. The Labute approximate surface area is 197 Å². The van der Waals surface area contributed by atoms with E-state index in [0.29, 0.717) is 5.69 Å². The number of rotatable bonds is 3. The summed E-state index contributed by atoms with van der Waals surface area (Å²) in [6.45, 7) is 0. The van der Waals surface area contributed by atoms with Crippen LogP contribution in [-0.4, -0.2) is 24.0 Å². The van der Waals surface area contributed by atoms with Crippen LogP contribution in [-0.2, 0) is 9.59 Å². The first-order valence-electron chi connectivity index (χ1n) is 7.65.